The molecule has 1 rings (SSSR count). The maximum absolute atomic E-state index is 11.3. The van der Waals surface area contributed by atoms with Crippen molar-refractivity contribution in [3.8, 4) is 0 Å². The van der Waals surface area contributed by atoms with Crippen molar-refractivity contribution in [3.05, 3.63) is 0 Å². The van der Waals surface area contributed by atoms with E-state index in [0.29, 0.717) is 6.54 Å². The lowest BCUT2D eigenvalue weighted by atomic mass is 10.2. The molecule has 0 aromatic carbocycles. The van der Waals surface area contributed by atoms with Crippen molar-refractivity contribution in [2.75, 3.05) is 37.7 Å². The minimum atomic E-state index is -0.411. The topological polar surface area (TPSA) is 41.6 Å². The van der Waals surface area contributed by atoms with Crippen molar-refractivity contribution in [1.29, 1.82) is 0 Å². The number of carbonyl (C=O) groups excluding carboxylic acids is 1. The first kappa shape index (κ1) is 13.6. The van der Waals surface area contributed by atoms with Crippen molar-refractivity contribution < 1.29 is 9.53 Å². The molecule has 0 saturated carbocycles. The molecule has 0 aromatic rings. The number of nitrogens with zero attached hydrogens (tertiary/aromatic N) is 1. The number of alkyl carbamates (subject to hydrolysis) is 1. The Balaban J connectivity index is 2.08. The largest absolute Gasteiger partial charge is 0.444 e. The van der Waals surface area contributed by atoms with Gasteiger partial charge < -0.3 is 10.1 Å². The predicted molar refractivity (Wildman–Crippen MR) is 68.0 cm³/mol. The van der Waals surface area contributed by atoms with Crippen LogP contribution >= 0.6 is 11.8 Å². The fourth-order valence-corrected chi connectivity index (χ4v) is 2.43. The lowest BCUT2D eigenvalue weighted by Crippen LogP contribution is -2.40. The minimum Gasteiger partial charge on any atom is -0.444 e. The second-order valence-electron chi connectivity index (χ2n) is 4.88. The number of amides is 1. The van der Waals surface area contributed by atoms with E-state index in [2.05, 4.69) is 10.2 Å². The van der Waals surface area contributed by atoms with E-state index in [9.17, 15) is 4.79 Å². The summed E-state index contributed by atoms with van der Waals surface area (Å²) in [5.41, 5.74) is -0.411. The molecule has 0 atom stereocenters. The van der Waals surface area contributed by atoms with Gasteiger partial charge in [-0.05, 0) is 20.8 Å². The van der Waals surface area contributed by atoms with Gasteiger partial charge in [0.2, 0.25) is 0 Å². The Bertz CT molecular complexity index is 223. The second-order valence-corrected chi connectivity index (χ2v) is 6.11. The molecule has 0 aromatic heterocycles. The lowest BCUT2D eigenvalue weighted by molar-refractivity contribution is 0.0522. The maximum atomic E-state index is 11.3. The number of thioether (sulfide) groups is 1. The van der Waals surface area contributed by atoms with E-state index in [1.165, 1.54) is 11.5 Å². The van der Waals surface area contributed by atoms with Crippen LogP contribution in [0.3, 0.4) is 0 Å². The van der Waals surface area contributed by atoms with Crippen molar-refractivity contribution in [2.45, 2.75) is 26.4 Å². The quantitative estimate of drug-likeness (QED) is 0.820. The normalized spacial score (nSPS) is 18.2. The van der Waals surface area contributed by atoms with Gasteiger partial charge in [-0.15, -0.1) is 0 Å². The highest BCUT2D eigenvalue weighted by Crippen LogP contribution is 2.08. The van der Waals surface area contributed by atoms with E-state index in [4.69, 9.17) is 4.74 Å². The molecule has 0 bridgehead atoms. The van der Waals surface area contributed by atoms with Gasteiger partial charge in [0.05, 0.1) is 0 Å². The van der Waals surface area contributed by atoms with E-state index in [1.807, 2.05) is 32.5 Å². The summed E-state index contributed by atoms with van der Waals surface area (Å²) in [5, 5.41) is 2.78. The molecule has 1 heterocycles. The van der Waals surface area contributed by atoms with Crippen molar-refractivity contribution in [3.63, 3.8) is 0 Å². The van der Waals surface area contributed by atoms with E-state index < -0.39 is 5.60 Å². The van der Waals surface area contributed by atoms with Gasteiger partial charge in [-0.2, -0.15) is 11.8 Å². The Hall–Kier alpha value is -0.420. The van der Waals surface area contributed by atoms with Crippen molar-refractivity contribution >= 4 is 17.9 Å². The van der Waals surface area contributed by atoms with Crippen LogP contribution in [0.4, 0.5) is 4.79 Å². The van der Waals surface area contributed by atoms with Gasteiger partial charge in [-0.3, -0.25) is 4.90 Å². The van der Waals surface area contributed by atoms with E-state index >= 15 is 0 Å². The van der Waals surface area contributed by atoms with E-state index in [1.54, 1.807) is 0 Å². The summed E-state index contributed by atoms with van der Waals surface area (Å²) in [6.07, 6.45) is -0.320. The first-order chi connectivity index (χ1) is 7.47. The summed E-state index contributed by atoms with van der Waals surface area (Å²) in [6, 6.07) is 0. The van der Waals surface area contributed by atoms with Crippen LogP contribution in [-0.2, 0) is 4.74 Å². The van der Waals surface area contributed by atoms with Crippen LogP contribution < -0.4 is 5.32 Å². The SMILES string of the molecule is CC(C)(C)OC(=O)NCCN1CCSCC1. The Labute approximate surface area is 102 Å². The van der Waals surface area contributed by atoms with Gasteiger partial charge in [0.1, 0.15) is 5.60 Å². The molecule has 1 fully saturated rings. The standard InChI is InChI=1S/C11H22N2O2S/c1-11(2,3)15-10(14)12-4-5-13-6-8-16-9-7-13/h4-9H2,1-3H3,(H,12,14). The molecule has 16 heavy (non-hydrogen) atoms. The Kier molecular flexibility index (Phi) is 5.41. The molecule has 1 aliphatic rings. The molecule has 5 heteroatoms. The third-order valence-electron chi connectivity index (χ3n) is 2.20. The highest BCUT2D eigenvalue weighted by molar-refractivity contribution is 7.99. The van der Waals surface area contributed by atoms with Gasteiger partial charge in [0.25, 0.3) is 0 Å². The molecule has 1 N–H and O–H groups in total. The van der Waals surface area contributed by atoms with Crippen molar-refractivity contribution in [2.24, 2.45) is 0 Å². The Morgan fingerprint density at radius 2 is 2.00 bits per heavy atom. The first-order valence-corrected chi connectivity index (χ1v) is 6.90. The zero-order valence-electron chi connectivity index (χ0n) is 10.4. The number of hydrogen-bond acceptors (Lipinski definition) is 4. The summed E-state index contributed by atoms with van der Waals surface area (Å²) < 4.78 is 5.15. The maximum Gasteiger partial charge on any atom is 0.407 e. The molecule has 1 aliphatic heterocycles. The third-order valence-corrected chi connectivity index (χ3v) is 3.14. The van der Waals surface area contributed by atoms with Gasteiger partial charge in [0.15, 0.2) is 0 Å². The molecule has 0 aliphatic carbocycles. The molecule has 4 nitrogen and oxygen atoms in total. The summed E-state index contributed by atoms with van der Waals surface area (Å²) in [6.45, 7) is 9.44. The van der Waals surface area contributed by atoms with E-state index in [0.717, 1.165) is 19.6 Å². The highest BCUT2D eigenvalue weighted by atomic mass is 32.2. The van der Waals surface area contributed by atoms with Crippen LogP contribution in [0.2, 0.25) is 0 Å². The first-order valence-electron chi connectivity index (χ1n) is 5.74. The van der Waals surface area contributed by atoms with Crippen LogP contribution in [0.5, 0.6) is 0 Å². The molecule has 1 amide bonds. The average Bonchev–Trinajstić information content (AvgIpc) is 2.16. The third kappa shape index (κ3) is 6.23. The number of rotatable bonds is 3. The molecule has 94 valence electrons. The van der Waals surface area contributed by atoms with E-state index in [-0.39, 0.29) is 6.09 Å². The fourth-order valence-electron chi connectivity index (χ4n) is 1.46. The van der Waals surface area contributed by atoms with Crippen LogP contribution in [0.1, 0.15) is 20.8 Å². The fraction of sp³-hybridized carbons (Fsp3) is 0.909. The molecule has 0 radical (unpaired) electrons. The summed E-state index contributed by atoms with van der Waals surface area (Å²) in [4.78, 5) is 13.7. The minimum absolute atomic E-state index is 0.320. The number of hydrogen-bond donors (Lipinski definition) is 1. The molecule has 1 saturated heterocycles. The van der Waals surface area contributed by atoms with Gasteiger partial charge in [-0.1, -0.05) is 0 Å². The molecule has 0 spiro atoms. The van der Waals surface area contributed by atoms with Crippen LogP contribution in [0.25, 0.3) is 0 Å². The Morgan fingerprint density at radius 3 is 2.56 bits per heavy atom. The van der Waals surface area contributed by atoms with Crippen LogP contribution in [-0.4, -0.2) is 54.3 Å². The van der Waals surface area contributed by atoms with Crippen molar-refractivity contribution in [1.82, 2.24) is 10.2 Å². The van der Waals surface area contributed by atoms with Gasteiger partial charge in [0, 0.05) is 37.7 Å². The van der Waals surface area contributed by atoms with Gasteiger partial charge in [-0.25, -0.2) is 4.79 Å². The number of carbonyl (C=O) groups is 1. The predicted octanol–water partition coefficient (Wildman–Crippen LogP) is 1.56. The molecule has 0 unspecified atom stereocenters. The lowest BCUT2D eigenvalue weighted by Gasteiger charge is -2.26. The molecular formula is C11H22N2O2S. The highest BCUT2D eigenvalue weighted by Gasteiger charge is 2.16. The zero-order valence-corrected chi connectivity index (χ0v) is 11.2. The van der Waals surface area contributed by atoms with Gasteiger partial charge >= 0.3 is 6.09 Å². The molecular weight excluding hydrogens is 224 g/mol. The Morgan fingerprint density at radius 1 is 1.38 bits per heavy atom. The summed E-state index contributed by atoms with van der Waals surface area (Å²) in [5.74, 6) is 2.40. The number of ether oxygens (including phenoxy) is 1. The monoisotopic (exact) mass is 246 g/mol. The second kappa shape index (κ2) is 6.35. The van der Waals surface area contributed by atoms with Crippen LogP contribution in [0.15, 0.2) is 0 Å². The number of nitrogens with one attached hydrogen (secondary N) is 1. The summed E-state index contributed by atoms with van der Waals surface area (Å²) >= 11 is 1.99. The average molecular weight is 246 g/mol. The smallest absolute Gasteiger partial charge is 0.407 e. The summed E-state index contributed by atoms with van der Waals surface area (Å²) in [7, 11) is 0. The van der Waals surface area contributed by atoms with Crippen LogP contribution in [0, 0.1) is 0 Å². The zero-order chi connectivity index (χ0) is 12.0.